The molecule has 2 aromatic rings. The summed E-state index contributed by atoms with van der Waals surface area (Å²) in [6.07, 6.45) is 7.27. The molecule has 0 amide bonds. The van der Waals surface area contributed by atoms with Gasteiger partial charge < -0.3 is 0 Å². The van der Waals surface area contributed by atoms with Crippen LogP contribution in [0.4, 0.5) is 0 Å². The van der Waals surface area contributed by atoms with Gasteiger partial charge in [-0.25, -0.2) is 18.4 Å². The van der Waals surface area contributed by atoms with Crippen LogP contribution >= 0.6 is 0 Å². The monoisotopic (exact) mass is 329 g/mol. The molecule has 1 saturated heterocycles. The van der Waals surface area contributed by atoms with Crippen molar-refractivity contribution in [2.24, 2.45) is 5.41 Å². The highest BCUT2D eigenvalue weighted by molar-refractivity contribution is 7.89. The summed E-state index contributed by atoms with van der Waals surface area (Å²) in [7, 11) is -3.48. The maximum Gasteiger partial charge on any atom is 0.246 e. The van der Waals surface area contributed by atoms with Gasteiger partial charge in [-0.3, -0.25) is 0 Å². The van der Waals surface area contributed by atoms with Crippen molar-refractivity contribution in [3.05, 3.63) is 42.7 Å². The number of piperidine rings is 1. The predicted octanol–water partition coefficient (Wildman–Crippen LogP) is 2.71. The molecule has 1 aliphatic carbocycles. The molecule has 23 heavy (non-hydrogen) atoms. The molecule has 1 saturated carbocycles. The maximum absolute atomic E-state index is 12.8. The molecular weight excluding hydrogens is 310 g/mol. The van der Waals surface area contributed by atoms with Gasteiger partial charge in [-0.2, -0.15) is 4.31 Å². The number of benzene rings is 1. The van der Waals surface area contributed by atoms with E-state index in [-0.39, 0.29) is 10.3 Å². The van der Waals surface area contributed by atoms with Gasteiger partial charge in [0, 0.05) is 18.7 Å². The van der Waals surface area contributed by atoms with E-state index in [9.17, 15) is 8.42 Å². The Kier molecular flexibility index (Phi) is 3.46. The second-order valence-electron chi connectivity index (χ2n) is 6.55. The zero-order valence-corrected chi connectivity index (χ0v) is 13.7. The third kappa shape index (κ3) is 2.77. The molecule has 2 aliphatic rings. The zero-order chi connectivity index (χ0) is 15.9. The smallest absolute Gasteiger partial charge is 0.235 e. The van der Waals surface area contributed by atoms with Crippen LogP contribution in [-0.4, -0.2) is 35.8 Å². The van der Waals surface area contributed by atoms with Crippen LogP contribution in [-0.2, 0) is 10.0 Å². The van der Waals surface area contributed by atoms with E-state index in [1.807, 2.05) is 30.3 Å². The summed E-state index contributed by atoms with van der Waals surface area (Å²) in [5, 5.41) is 0. The van der Waals surface area contributed by atoms with Gasteiger partial charge >= 0.3 is 0 Å². The molecule has 0 radical (unpaired) electrons. The molecule has 2 heterocycles. The lowest BCUT2D eigenvalue weighted by Gasteiger charge is -2.31. The maximum atomic E-state index is 12.8. The van der Waals surface area contributed by atoms with Gasteiger partial charge in [-0.05, 0) is 31.1 Å². The average molecular weight is 329 g/mol. The Labute approximate surface area is 136 Å². The first-order valence-corrected chi connectivity index (χ1v) is 9.41. The van der Waals surface area contributed by atoms with Crippen LogP contribution in [0, 0.1) is 5.41 Å². The average Bonchev–Trinajstić information content (AvgIpc) is 3.34. The SMILES string of the molecule is O=S(=O)(c1cnc(-c2ccccc2)nc1)N1CCCC2(CC2)C1. The van der Waals surface area contributed by atoms with E-state index >= 15 is 0 Å². The van der Waals surface area contributed by atoms with Crippen molar-refractivity contribution in [1.29, 1.82) is 0 Å². The molecule has 1 spiro atoms. The van der Waals surface area contributed by atoms with Crippen LogP contribution in [0.1, 0.15) is 25.7 Å². The van der Waals surface area contributed by atoms with Crippen LogP contribution < -0.4 is 0 Å². The van der Waals surface area contributed by atoms with Crippen LogP contribution in [0.5, 0.6) is 0 Å². The van der Waals surface area contributed by atoms with E-state index in [0.717, 1.165) is 31.2 Å². The number of nitrogens with zero attached hydrogens (tertiary/aromatic N) is 3. The number of rotatable bonds is 3. The van der Waals surface area contributed by atoms with Gasteiger partial charge in [-0.15, -0.1) is 0 Å². The highest BCUT2D eigenvalue weighted by Gasteiger charge is 2.48. The molecule has 5 nitrogen and oxygen atoms in total. The fourth-order valence-corrected chi connectivity index (χ4v) is 4.77. The molecule has 2 fully saturated rings. The minimum atomic E-state index is -3.48. The largest absolute Gasteiger partial charge is 0.246 e. The van der Waals surface area contributed by atoms with E-state index in [2.05, 4.69) is 9.97 Å². The highest BCUT2D eigenvalue weighted by atomic mass is 32.2. The van der Waals surface area contributed by atoms with Crippen molar-refractivity contribution in [2.45, 2.75) is 30.6 Å². The third-order valence-corrected chi connectivity index (χ3v) is 6.68. The molecule has 1 aliphatic heterocycles. The molecule has 1 aromatic heterocycles. The van der Waals surface area contributed by atoms with Crippen LogP contribution in [0.2, 0.25) is 0 Å². The lowest BCUT2D eigenvalue weighted by atomic mass is 9.97. The van der Waals surface area contributed by atoms with Crippen molar-refractivity contribution in [2.75, 3.05) is 13.1 Å². The number of hydrogen-bond donors (Lipinski definition) is 0. The Bertz CT molecular complexity index is 799. The molecule has 120 valence electrons. The van der Waals surface area contributed by atoms with Crippen LogP contribution in [0.3, 0.4) is 0 Å². The van der Waals surface area contributed by atoms with Crippen molar-refractivity contribution in [1.82, 2.24) is 14.3 Å². The zero-order valence-electron chi connectivity index (χ0n) is 12.9. The van der Waals surface area contributed by atoms with E-state index in [1.165, 1.54) is 12.4 Å². The van der Waals surface area contributed by atoms with Gasteiger partial charge in [0.05, 0.1) is 12.4 Å². The van der Waals surface area contributed by atoms with Gasteiger partial charge in [0.2, 0.25) is 10.0 Å². The second-order valence-corrected chi connectivity index (χ2v) is 8.49. The first-order valence-electron chi connectivity index (χ1n) is 7.97. The van der Waals surface area contributed by atoms with E-state index < -0.39 is 10.0 Å². The van der Waals surface area contributed by atoms with Gasteiger partial charge in [-0.1, -0.05) is 30.3 Å². The highest BCUT2D eigenvalue weighted by Crippen LogP contribution is 2.52. The van der Waals surface area contributed by atoms with Crippen LogP contribution in [0.25, 0.3) is 11.4 Å². The molecule has 6 heteroatoms. The fourth-order valence-electron chi connectivity index (χ4n) is 3.29. The molecule has 0 bridgehead atoms. The second kappa shape index (κ2) is 5.39. The fraction of sp³-hybridized carbons (Fsp3) is 0.412. The molecule has 0 N–H and O–H groups in total. The summed E-state index contributed by atoms with van der Waals surface area (Å²) in [5.41, 5.74) is 1.14. The van der Waals surface area contributed by atoms with Gasteiger partial charge in [0.1, 0.15) is 4.90 Å². The summed E-state index contributed by atoms with van der Waals surface area (Å²) in [6, 6.07) is 9.56. The first-order chi connectivity index (χ1) is 11.1. The number of aromatic nitrogens is 2. The lowest BCUT2D eigenvalue weighted by molar-refractivity contribution is 0.249. The minimum absolute atomic E-state index is 0.190. The summed E-state index contributed by atoms with van der Waals surface area (Å²) in [5.74, 6) is 0.543. The van der Waals surface area contributed by atoms with E-state index in [4.69, 9.17) is 0 Å². The molecule has 0 atom stereocenters. The Morgan fingerprint density at radius 1 is 1.00 bits per heavy atom. The molecule has 1 aromatic carbocycles. The summed E-state index contributed by atoms with van der Waals surface area (Å²) in [4.78, 5) is 8.68. The Balaban J connectivity index is 1.59. The lowest BCUT2D eigenvalue weighted by Crippen LogP contribution is -2.40. The third-order valence-electron chi connectivity index (χ3n) is 4.88. The van der Waals surface area contributed by atoms with Crippen molar-refractivity contribution < 1.29 is 8.42 Å². The van der Waals surface area contributed by atoms with Crippen molar-refractivity contribution in [3.8, 4) is 11.4 Å². The first kappa shape index (κ1) is 14.8. The molecular formula is C17H19N3O2S. The summed E-state index contributed by atoms with van der Waals surface area (Å²) in [6.45, 7) is 1.25. The standard InChI is InChI=1S/C17H19N3O2S/c21-23(22,20-10-4-7-17(13-20)8-9-17)15-11-18-16(19-12-15)14-5-2-1-3-6-14/h1-3,5-6,11-12H,4,7-10,13H2. The number of sulfonamides is 1. The summed E-state index contributed by atoms with van der Waals surface area (Å²) < 4.78 is 27.2. The minimum Gasteiger partial charge on any atom is -0.235 e. The van der Waals surface area contributed by atoms with E-state index in [0.29, 0.717) is 18.9 Å². The normalized spacial score (nSPS) is 20.5. The topological polar surface area (TPSA) is 63.2 Å². The molecule has 4 rings (SSSR count). The Morgan fingerprint density at radius 2 is 1.70 bits per heavy atom. The quantitative estimate of drug-likeness (QED) is 0.868. The predicted molar refractivity (Wildman–Crippen MR) is 87.1 cm³/mol. The molecule has 0 unspecified atom stereocenters. The van der Waals surface area contributed by atoms with Gasteiger partial charge in [0.15, 0.2) is 5.82 Å². The summed E-state index contributed by atoms with van der Waals surface area (Å²) >= 11 is 0. The Hall–Kier alpha value is -1.79. The van der Waals surface area contributed by atoms with Crippen molar-refractivity contribution >= 4 is 10.0 Å². The Morgan fingerprint density at radius 3 is 2.35 bits per heavy atom. The van der Waals surface area contributed by atoms with Crippen molar-refractivity contribution in [3.63, 3.8) is 0 Å². The van der Waals surface area contributed by atoms with E-state index in [1.54, 1.807) is 4.31 Å². The van der Waals surface area contributed by atoms with Gasteiger partial charge in [0.25, 0.3) is 0 Å². The number of hydrogen-bond acceptors (Lipinski definition) is 4. The van der Waals surface area contributed by atoms with Crippen LogP contribution in [0.15, 0.2) is 47.6 Å².